The van der Waals surface area contributed by atoms with Crippen molar-refractivity contribution in [1.82, 2.24) is 0 Å². The molecule has 4 rings (SSSR count). The first kappa shape index (κ1) is 13.1. The van der Waals surface area contributed by atoms with Gasteiger partial charge in [0, 0.05) is 18.6 Å². The molecule has 20 heavy (non-hydrogen) atoms. The Morgan fingerprint density at radius 2 is 1.80 bits per heavy atom. The average Bonchev–Trinajstić information content (AvgIpc) is 2.48. The van der Waals surface area contributed by atoms with Crippen LogP contribution >= 0.6 is 23.2 Å². The van der Waals surface area contributed by atoms with E-state index in [0.29, 0.717) is 22.1 Å². The molecule has 1 N–H and O–H groups in total. The highest BCUT2D eigenvalue weighted by atomic mass is 35.5. The van der Waals surface area contributed by atoms with Crippen molar-refractivity contribution in [3.05, 3.63) is 22.2 Å². The fourth-order valence-corrected chi connectivity index (χ4v) is 4.72. The van der Waals surface area contributed by atoms with Crippen LogP contribution in [-0.4, -0.2) is 18.6 Å². The lowest BCUT2D eigenvalue weighted by atomic mass is 9.75. The van der Waals surface area contributed by atoms with Gasteiger partial charge >= 0.3 is 0 Å². The first-order valence-electron chi connectivity index (χ1n) is 7.75. The van der Waals surface area contributed by atoms with Crippen molar-refractivity contribution in [2.75, 3.05) is 16.8 Å². The largest absolute Gasteiger partial charge is 0.381 e. The molecule has 0 bridgehead atoms. The number of nitrogens with one attached hydrogen (secondary N) is 1. The third kappa shape index (κ3) is 2.00. The molecule has 2 aliphatic heterocycles. The summed E-state index contributed by atoms with van der Waals surface area (Å²) in [7, 11) is 0. The lowest BCUT2D eigenvalue weighted by molar-refractivity contribution is 0.215. The van der Waals surface area contributed by atoms with Gasteiger partial charge in [0.1, 0.15) is 0 Å². The zero-order valence-electron chi connectivity index (χ0n) is 11.5. The van der Waals surface area contributed by atoms with Crippen LogP contribution in [0, 0.1) is 5.92 Å². The molecule has 2 heterocycles. The average molecular weight is 311 g/mol. The number of rotatable bonds is 0. The third-order valence-electron chi connectivity index (χ3n) is 5.34. The van der Waals surface area contributed by atoms with Gasteiger partial charge in [-0.25, -0.2) is 0 Å². The Labute approximate surface area is 130 Å². The molecular formula is C16H20Cl2N2. The van der Waals surface area contributed by atoms with Crippen LogP contribution < -0.4 is 10.2 Å². The molecular weight excluding hydrogens is 291 g/mol. The fourth-order valence-electron chi connectivity index (χ4n) is 4.40. The predicted octanol–water partition coefficient (Wildman–Crippen LogP) is 4.95. The van der Waals surface area contributed by atoms with Gasteiger partial charge < -0.3 is 10.2 Å². The van der Waals surface area contributed by atoms with E-state index >= 15 is 0 Å². The van der Waals surface area contributed by atoms with Crippen molar-refractivity contribution in [3.63, 3.8) is 0 Å². The molecule has 108 valence electrons. The molecule has 2 nitrogen and oxygen atoms in total. The summed E-state index contributed by atoms with van der Waals surface area (Å²) in [6, 6.07) is 5.39. The molecule has 1 saturated heterocycles. The highest BCUT2D eigenvalue weighted by Gasteiger charge is 2.41. The van der Waals surface area contributed by atoms with E-state index in [1.807, 2.05) is 6.07 Å². The van der Waals surface area contributed by atoms with Gasteiger partial charge in [-0.2, -0.15) is 0 Å². The van der Waals surface area contributed by atoms with E-state index in [9.17, 15) is 0 Å². The summed E-state index contributed by atoms with van der Waals surface area (Å²) in [4.78, 5) is 2.67. The molecule has 0 amide bonds. The monoisotopic (exact) mass is 310 g/mol. The van der Waals surface area contributed by atoms with Crippen LogP contribution in [0.2, 0.25) is 10.0 Å². The normalized spacial score (nSPS) is 31.9. The Morgan fingerprint density at radius 3 is 2.70 bits per heavy atom. The number of hydrogen-bond donors (Lipinski definition) is 1. The summed E-state index contributed by atoms with van der Waals surface area (Å²) in [5, 5.41) is 4.86. The highest BCUT2D eigenvalue weighted by Crippen LogP contribution is 2.46. The standard InChI is InChI=1S/C16H20Cl2N2/c17-12-7-14-16(8-13(12)18)20-11(9-19-14)6-5-10-3-1-2-4-15(10)20/h7-8,10-11,15,19H,1-6,9H2. The highest BCUT2D eigenvalue weighted by molar-refractivity contribution is 6.42. The topological polar surface area (TPSA) is 15.3 Å². The smallest absolute Gasteiger partial charge is 0.0623 e. The summed E-state index contributed by atoms with van der Waals surface area (Å²) in [5.74, 6) is 0.875. The summed E-state index contributed by atoms with van der Waals surface area (Å²) in [6.07, 6.45) is 8.21. The van der Waals surface area contributed by atoms with Crippen molar-refractivity contribution in [3.8, 4) is 0 Å². The maximum atomic E-state index is 6.27. The Morgan fingerprint density at radius 1 is 1.00 bits per heavy atom. The summed E-state index contributed by atoms with van der Waals surface area (Å²) in [6.45, 7) is 1.04. The van der Waals surface area contributed by atoms with Crippen LogP contribution in [0.3, 0.4) is 0 Å². The Kier molecular flexibility index (Phi) is 3.27. The van der Waals surface area contributed by atoms with Crippen molar-refractivity contribution in [2.45, 2.75) is 50.6 Å². The van der Waals surface area contributed by atoms with Gasteiger partial charge in [0.15, 0.2) is 0 Å². The Bertz CT molecular complexity index is 531. The lowest BCUT2D eigenvalue weighted by Crippen LogP contribution is -2.56. The minimum atomic E-state index is 0.624. The van der Waals surface area contributed by atoms with Crippen LogP contribution in [0.4, 0.5) is 11.4 Å². The van der Waals surface area contributed by atoms with Gasteiger partial charge in [0.05, 0.1) is 21.4 Å². The van der Waals surface area contributed by atoms with Crippen molar-refractivity contribution >= 4 is 34.6 Å². The number of fused-ring (bicyclic) bond motifs is 5. The number of anilines is 2. The van der Waals surface area contributed by atoms with Crippen LogP contribution in [-0.2, 0) is 0 Å². The molecule has 3 atom stereocenters. The summed E-state index contributed by atoms with van der Waals surface area (Å²) in [5.41, 5.74) is 2.43. The molecule has 1 aromatic carbocycles. The quantitative estimate of drug-likeness (QED) is 0.729. The number of halogens is 2. The maximum Gasteiger partial charge on any atom is 0.0623 e. The second-order valence-corrected chi connectivity index (χ2v) is 7.23. The van der Waals surface area contributed by atoms with Gasteiger partial charge in [0.2, 0.25) is 0 Å². The molecule has 1 aliphatic carbocycles. The van der Waals surface area contributed by atoms with Crippen molar-refractivity contribution in [1.29, 1.82) is 0 Å². The van der Waals surface area contributed by atoms with E-state index < -0.39 is 0 Å². The van der Waals surface area contributed by atoms with Crippen LogP contribution in [0.25, 0.3) is 0 Å². The molecule has 3 aliphatic rings. The Balaban J connectivity index is 1.77. The number of benzene rings is 1. The fraction of sp³-hybridized carbons (Fsp3) is 0.625. The molecule has 0 aromatic heterocycles. The predicted molar refractivity (Wildman–Crippen MR) is 86.2 cm³/mol. The van der Waals surface area contributed by atoms with Crippen LogP contribution in [0.1, 0.15) is 38.5 Å². The number of piperidine rings is 1. The maximum absolute atomic E-state index is 6.27. The van der Waals surface area contributed by atoms with Gasteiger partial charge in [-0.1, -0.05) is 36.0 Å². The van der Waals surface area contributed by atoms with Crippen LogP contribution in [0.5, 0.6) is 0 Å². The summed E-state index contributed by atoms with van der Waals surface area (Å²) >= 11 is 12.4. The molecule has 3 unspecified atom stereocenters. The SMILES string of the molecule is Clc1cc2c(cc1Cl)N1C(CCC3CCCCC31)CN2. The molecule has 2 fully saturated rings. The van der Waals surface area contributed by atoms with Gasteiger partial charge in [-0.15, -0.1) is 0 Å². The van der Waals surface area contributed by atoms with E-state index in [1.54, 1.807) is 0 Å². The number of hydrogen-bond acceptors (Lipinski definition) is 2. The molecule has 1 aromatic rings. The summed E-state index contributed by atoms with van der Waals surface area (Å²) < 4.78 is 0. The van der Waals surface area contributed by atoms with Crippen molar-refractivity contribution in [2.24, 2.45) is 5.92 Å². The van der Waals surface area contributed by atoms with E-state index in [4.69, 9.17) is 23.2 Å². The van der Waals surface area contributed by atoms with E-state index in [-0.39, 0.29) is 0 Å². The van der Waals surface area contributed by atoms with E-state index in [2.05, 4.69) is 16.3 Å². The molecule has 1 saturated carbocycles. The molecule has 0 spiro atoms. The zero-order valence-corrected chi connectivity index (χ0v) is 13.1. The molecule has 4 heteroatoms. The number of nitrogens with zero attached hydrogens (tertiary/aromatic N) is 1. The van der Waals surface area contributed by atoms with E-state index in [1.165, 1.54) is 44.2 Å². The first-order valence-corrected chi connectivity index (χ1v) is 8.51. The third-order valence-corrected chi connectivity index (χ3v) is 6.06. The lowest BCUT2D eigenvalue weighted by Gasteiger charge is -2.52. The second kappa shape index (κ2) is 4.99. The molecule has 0 radical (unpaired) electrons. The minimum absolute atomic E-state index is 0.624. The van der Waals surface area contributed by atoms with E-state index in [0.717, 1.165) is 18.2 Å². The Hall–Kier alpha value is -0.600. The second-order valence-electron chi connectivity index (χ2n) is 6.41. The van der Waals surface area contributed by atoms with Gasteiger partial charge in [-0.3, -0.25) is 0 Å². The van der Waals surface area contributed by atoms with Crippen molar-refractivity contribution < 1.29 is 0 Å². The first-order chi connectivity index (χ1) is 9.74. The van der Waals surface area contributed by atoms with Gasteiger partial charge in [-0.05, 0) is 43.7 Å². The zero-order chi connectivity index (χ0) is 13.7. The minimum Gasteiger partial charge on any atom is -0.381 e. The van der Waals surface area contributed by atoms with Gasteiger partial charge in [0.25, 0.3) is 0 Å². The van der Waals surface area contributed by atoms with Crippen LogP contribution in [0.15, 0.2) is 12.1 Å².